The zero-order valence-electron chi connectivity index (χ0n) is 12.6. The van der Waals surface area contributed by atoms with Gasteiger partial charge in [-0.25, -0.2) is 0 Å². The molecule has 0 aromatic heterocycles. The van der Waals surface area contributed by atoms with E-state index < -0.39 is 0 Å². The molecule has 0 spiro atoms. The van der Waals surface area contributed by atoms with Crippen LogP contribution < -0.4 is 0 Å². The lowest BCUT2D eigenvalue weighted by atomic mass is 9.79. The monoisotopic (exact) mass is 276 g/mol. The molecule has 2 rings (SSSR count). The number of carbonyl (C=O) groups excluding carboxylic acids is 2. The van der Waals surface area contributed by atoms with Gasteiger partial charge in [-0.3, -0.25) is 9.59 Å². The van der Waals surface area contributed by atoms with E-state index in [1.165, 1.54) is 0 Å². The van der Waals surface area contributed by atoms with Crippen LogP contribution in [0.5, 0.6) is 0 Å². The highest BCUT2D eigenvalue weighted by molar-refractivity contribution is 5.97. The first kappa shape index (κ1) is 15.0. The van der Waals surface area contributed by atoms with E-state index in [1.54, 1.807) is 6.92 Å². The maximum absolute atomic E-state index is 12.4. The van der Waals surface area contributed by atoms with Gasteiger partial charge in [0, 0.05) is 17.3 Å². The Morgan fingerprint density at radius 1 is 1.50 bits per heavy atom. The third kappa shape index (κ3) is 2.34. The Bertz CT molecular complexity index is 461. The van der Waals surface area contributed by atoms with Crippen LogP contribution in [0.25, 0.3) is 0 Å². The van der Waals surface area contributed by atoms with Crippen molar-refractivity contribution >= 4 is 11.8 Å². The zero-order valence-corrected chi connectivity index (χ0v) is 12.6. The highest BCUT2D eigenvalue weighted by Crippen LogP contribution is 2.55. The fraction of sp³-hybridized carbons (Fsp3) is 0.647. The van der Waals surface area contributed by atoms with E-state index in [-0.39, 0.29) is 41.0 Å². The minimum absolute atomic E-state index is 0.00153. The summed E-state index contributed by atoms with van der Waals surface area (Å²) in [5.41, 5.74) is 0.437. The SMILES string of the molecule is C=CCC[C@H]1C(=O)O[C@H]2[C@@H]1[C@H](C(=O)C(=C)C)CC2(C)C. The highest BCUT2D eigenvalue weighted by Gasteiger charge is 2.60. The Morgan fingerprint density at radius 3 is 2.70 bits per heavy atom. The highest BCUT2D eigenvalue weighted by atomic mass is 16.6. The van der Waals surface area contributed by atoms with Gasteiger partial charge in [0.1, 0.15) is 6.10 Å². The molecule has 0 aromatic rings. The molecular weight excluding hydrogens is 252 g/mol. The molecule has 1 heterocycles. The largest absolute Gasteiger partial charge is 0.461 e. The van der Waals surface area contributed by atoms with Gasteiger partial charge in [0.25, 0.3) is 0 Å². The second-order valence-electron chi connectivity index (χ2n) is 6.85. The molecule has 4 atom stereocenters. The lowest BCUT2D eigenvalue weighted by molar-refractivity contribution is -0.147. The molecule has 1 saturated heterocycles. The van der Waals surface area contributed by atoms with Crippen molar-refractivity contribution in [1.82, 2.24) is 0 Å². The van der Waals surface area contributed by atoms with Gasteiger partial charge >= 0.3 is 5.97 Å². The topological polar surface area (TPSA) is 43.4 Å². The number of carbonyl (C=O) groups is 2. The molecule has 0 radical (unpaired) electrons. The van der Waals surface area contributed by atoms with Crippen LogP contribution in [-0.2, 0) is 14.3 Å². The summed E-state index contributed by atoms with van der Waals surface area (Å²) in [4.78, 5) is 24.5. The lowest BCUT2D eigenvalue weighted by Gasteiger charge is -2.24. The third-order valence-corrected chi connectivity index (χ3v) is 4.78. The summed E-state index contributed by atoms with van der Waals surface area (Å²) in [6.45, 7) is 13.4. The number of esters is 1. The van der Waals surface area contributed by atoms with Gasteiger partial charge in [0.05, 0.1) is 5.92 Å². The first-order valence-electron chi connectivity index (χ1n) is 7.30. The van der Waals surface area contributed by atoms with Crippen LogP contribution in [0.4, 0.5) is 0 Å². The molecule has 110 valence electrons. The van der Waals surface area contributed by atoms with Crippen LogP contribution in [0.15, 0.2) is 24.8 Å². The van der Waals surface area contributed by atoms with Crippen molar-refractivity contribution in [3.8, 4) is 0 Å². The first-order valence-corrected chi connectivity index (χ1v) is 7.30. The minimum atomic E-state index is -0.173. The molecule has 2 aliphatic rings. The van der Waals surface area contributed by atoms with Crippen molar-refractivity contribution in [2.75, 3.05) is 0 Å². The summed E-state index contributed by atoms with van der Waals surface area (Å²) in [7, 11) is 0. The van der Waals surface area contributed by atoms with Crippen molar-refractivity contribution < 1.29 is 14.3 Å². The molecule has 0 aromatic carbocycles. The molecule has 0 bridgehead atoms. The van der Waals surface area contributed by atoms with Crippen LogP contribution in [0.3, 0.4) is 0 Å². The summed E-state index contributed by atoms with van der Waals surface area (Å²) >= 11 is 0. The zero-order chi connectivity index (χ0) is 15.1. The smallest absolute Gasteiger partial charge is 0.309 e. The average molecular weight is 276 g/mol. The summed E-state index contributed by atoms with van der Waals surface area (Å²) in [6.07, 6.45) is 3.94. The number of ether oxygens (including phenoxy) is 1. The van der Waals surface area contributed by atoms with E-state index in [1.807, 2.05) is 6.08 Å². The maximum atomic E-state index is 12.4. The van der Waals surface area contributed by atoms with Crippen molar-refractivity contribution in [2.24, 2.45) is 23.2 Å². The van der Waals surface area contributed by atoms with Crippen LogP contribution in [0.2, 0.25) is 0 Å². The Hall–Kier alpha value is -1.38. The van der Waals surface area contributed by atoms with Gasteiger partial charge in [-0.05, 0) is 31.8 Å². The Balaban J connectivity index is 2.31. The summed E-state index contributed by atoms with van der Waals surface area (Å²) in [5, 5.41) is 0. The number of rotatable bonds is 5. The fourth-order valence-electron chi connectivity index (χ4n) is 3.84. The molecule has 3 heteroatoms. The second kappa shape index (κ2) is 5.19. The van der Waals surface area contributed by atoms with Gasteiger partial charge in [0.15, 0.2) is 5.78 Å². The van der Waals surface area contributed by atoms with Gasteiger partial charge in [-0.15, -0.1) is 6.58 Å². The number of hydrogen-bond donors (Lipinski definition) is 0. The predicted molar refractivity (Wildman–Crippen MR) is 78.0 cm³/mol. The average Bonchev–Trinajstić information content (AvgIpc) is 2.82. The standard InChI is InChI=1S/C17H24O3/c1-6-7-8-11-13-12(14(18)10(2)3)9-17(4,5)15(13)20-16(11)19/h6,11-13,15H,1-2,7-9H2,3-5H3/t11-,12-,13+,15+/m1/s1. The summed E-state index contributed by atoms with van der Waals surface area (Å²) in [6, 6.07) is 0. The van der Waals surface area contributed by atoms with Crippen LogP contribution in [0.1, 0.15) is 40.0 Å². The Morgan fingerprint density at radius 2 is 2.15 bits per heavy atom. The van der Waals surface area contributed by atoms with E-state index in [9.17, 15) is 9.59 Å². The molecule has 0 amide bonds. The Labute approximate surface area is 121 Å². The van der Waals surface area contributed by atoms with E-state index >= 15 is 0 Å². The molecular formula is C17H24O3. The number of Topliss-reactive ketones (excluding diaryl/α,β-unsaturated/α-hetero) is 1. The number of ketones is 1. The third-order valence-electron chi connectivity index (χ3n) is 4.78. The molecule has 3 nitrogen and oxygen atoms in total. The molecule has 20 heavy (non-hydrogen) atoms. The van der Waals surface area contributed by atoms with E-state index in [2.05, 4.69) is 27.0 Å². The van der Waals surface area contributed by atoms with Gasteiger partial charge in [-0.2, -0.15) is 0 Å². The normalized spacial score (nSPS) is 34.5. The summed E-state index contributed by atoms with van der Waals surface area (Å²) < 4.78 is 5.62. The van der Waals surface area contributed by atoms with E-state index in [0.29, 0.717) is 5.57 Å². The lowest BCUT2D eigenvalue weighted by Crippen LogP contribution is -2.29. The molecule has 0 N–H and O–H groups in total. The maximum Gasteiger partial charge on any atom is 0.309 e. The van der Waals surface area contributed by atoms with Crippen molar-refractivity contribution in [2.45, 2.75) is 46.1 Å². The quantitative estimate of drug-likeness (QED) is 0.439. The molecule has 0 unspecified atom stereocenters. The van der Waals surface area contributed by atoms with Crippen molar-refractivity contribution in [1.29, 1.82) is 0 Å². The van der Waals surface area contributed by atoms with Crippen LogP contribution in [0, 0.1) is 23.2 Å². The number of allylic oxidation sites excluding steroid dienone is 2. The predicted octanol–water partition coefficient (Wildman–Crippen LogP) is 3.30. The molecule has 1 aliphatic carbocycles. The van der Waals surface area contributed by atoms with Crippen molar-refractivity contribution in [3.63, 3.8) is 0 Å². The van der Waals surface area contributed by atoms with Crippen LogP contribution >= 0.6 is 0 Å². The number of hydrogen-bond acceptors (Lipinski definition) is 3. The van der Waals surface area contributed by atoms with Gasteiger partial charge < -0.3 is 4.74 Å². The van der Waals surface area contributed by atoms with E-state index in [0.717, 1.165) is 19.3 Å². The second-order valence-corrected chi connectivity index (χ2v) is 6.85. The van der Waals surface area contributed by atoms with Gasteiger partial charge in [0.2, 0.25) is 0 Å². The van der Waals surface area contributed by atoms with Crippen LogP contribution in [-0.4, -0.2) is 17.9 Å². The summed E-state index contributed by atoms with van der Waals surface area (Å²) in [5.74, 6) is -0.356. The first-order chi connectivity index (χ1) is 9.29. The molecule has 1 aliphatic heterocycles. The number of fused-ring (bicyclic) bond motifs is 1. The molecule has 1 saturated carbocycles. The Kier molecular flexibility index (Phi) is 3.90. The van der Waals surface area contributed by atoms with E-state index in [4.69, 9.17) is 4.74 Å². The molecule has 2 fully saturated rings. The van der Waals surface area contributed by atoms with Gasteiger partial charge in [-0.1, -0.05) is 26.5 Å². The fourth-order valence-corrected chi connectivity index (χ4v) is 3.84. The minimum Gasteiger partial charge on any atom is -0.461 e. The van der Waals surface area contributed by atoms with Crippen molar-refractivity contribution in [3.05, 3.63) is 24.8 Å².